The molecule has 0 amide bonds. The van der Waals surface area contributed by atoms with Crippen LogP contribution in [0.1, 0.15) is 83.3 Å². The predicted octanol–water partition coefficient (Wildman–Crippen LogP) is 19.8. The summed E-state index contributed by atoms with van der Waals surface area (Å²) in [6.07, 6.45) is 4.96. The van der Waals surface area contributed by atoms with E-state index in [9.17, 15) is 0 Å². The van der Waals surface area contributed by atoms with Gasteiger partial charge in [-0.2, -0.15) is 0 Å². The molecule has 0 saturated heterocycles. The zero-order valence-corrected chi connectivity index (χ0v) is 44.9. The van der Waals surface area contributed by atoms with E-state index in [1.165, 1.54) is 122 Å². The van der Waals surface area contributed by atoms with Gasteiger partial charge in [-0.25, -0.2) is 0 Å². The molecule has 79 heavy (non-hydrogen) atoms. The fourth-order valence-electron chi connectivity index (χ4n) is 15.5. The number of hydrogen-bond donors (Lipinski definition) is 0. The van der Waals surface area contributed by atoms with Crippen molar-refractivity contribution in [1.82, 2.24) is 0 Å². The zero-order chi connectivity index (χ0) is 52.8. The molecular weight excluding hydrogens is 951 g/mol. The molecule has 11 aromatic carbocycles. The highest BCUT2D eigenvalue weighted by molar-refractivity contribution is 6.03. The van der Waals surface area contributed by atoms with Crippen LogP contribution in [0.15, 0.2) is 279 Å². The van der Waals surface area contributed by atoms with Crippen LogP contribution >= 0.6 is 0 Å². The summed E-state index contributed by atoms with van der Waals surface area (Å²) in [5.41, 5.74) is 30.2. The van der Waals surface area contributed by atoms with E-state index >= 15 is 0 Å². The highest BCUT2D eigenvalue weighted by Gasteiger charge is 2.61. The second-order valence-corrected chi connectivity index (χ2v) is 23.5. The maximum atomic E-state index is 2.59. The molecule has 2 spiro atoms. The molecular formula is C78H57N. The van der Waals surface area contributed by atoms with E-state index in [0.29, 0.717) is 0 Å². The molecule has 1 heteroatoms. The van der Waals surface area contributed by atoms with Crippen molar-refractivity contribution in [3.63, 3.8) is 0 Å². The highest BCUT2D eigenvalue weighted by Crippen LogP contribution is 2.71. The van der Waals surface area contributed by atoms with Crippen molar-refractivity contribution >= 4 is 22.6 Å². The minimum absolute atomic E-state index is 0.165. The van der Waals surface area contributed by atoms with Gasteiger partial charge in [-0.1, -0.05) is 264 Å². The Kier molecular flexibility index (Phi) is 9.64. The number of hydrogen-bond acceptors (Lipinski definition) is 1. The summed E-state index contributed by atoms with van der Waals surface area (Å²) in [5, 5.41) is 0. The summed E-state index contributed by atoms with van der Waals surface area (Å²) < 4.78 is 0. The first-order chi connectivity index (χ1) is 38.7. The Bertz CT molecular complexity index is 4420. The van der Waals surface area contributed by atoms with Crippen molar-refractivity contribution in [3.05, 3.63) is 334 Å². The monoisotopic (exact) mass is 1010 g/mol. The summed E-state index contributed by atoms with van der Waals surface area (Å²) in [6, 6.07) is 99.3. The number of rotatable bonds is 6. The van der Waals surface area contributed by atoms with Gasteiger partial charge in [0.1, 0.15) is 0 Å². The number of fused-ring (bicyclic) bond motifs is 18. The van der Waals surface area contributed by atoms with E-state index in [1.54, 1.807) is 0 Å². The minimum Gasteiger partial charge on any atom is -0.309 e. The SMILES string of the molecule is CC1(C)C=CC2=C1c1ccccc1C21c2cc(-c3ccccc3)ccc2C2(c3ccccc3-c3c(N(c4ccc5c(c4)C(C)(C)c4ccccc4-5)c4ccccc4-c4ccccc4)cccc32)c2cc(-c3ccccc3)ccc21. The lowest BCUT2D eigenvalue weighted by atomic mass is 9.51. The Labute approximate surface area is 464 Å². The second-order valence-electron chi connectivity index (χ2n) is 23.5. The molecule has 0 aliphatic heterocycles. The Morgan fingerprint density at radius 1 is 0.291 bits per heavy atom. The Balaban J connectivity index is 1.05. The molecule has 2 atom stereocenters. The second kappa shape index (κ2) is 16.6. The number of allylic oxidation sites excluding steroid dienone is 4. The Hall–Kier alpha value is -9.30. The van der Waals surface area contributed by atoms with E-state index in [-0.39, 0.29) is 10.8 Å². The van der Waals surface area contributed by atoms with Gasteiger partial charge in [0.2, 0.25) is 0 Å². The predicted molar refractivity (Wildman–Crippen MR) is 328 cm³/mol. The van der Waals surface area contributed by atoms with Crippen LogP contribution in [0.4, 0.5) is 17.1 Å². The van der Waals surface area contributed by atoms with Gasteiger partial charge in [-0.3, -0.25) is 0 Å². The van der Waals surface area contributed by atoms with Crippen molar-refractivity contribution in [2.45, 2.75) is 43.9 Å². The van der Waals surface area contributed by atoms with E-state index < -0.39 is 10.8 Å². The summed E-state index contributed by atoms with van der Waals surface area (Å²) in [4.78, 5) is 2.59. The normalized spacial score (nSPS) is 18.6. The summed E-state index contributed by atoms with van der Waals surface area (Å²) in [6.45, 7) is 9.59. The fraction of sp³-hybridized carbons (Fsp3) is 0.103. The lowest BCUT2D eigenvalue weighted by Crippen LogP contribution is -2.44. The molecule has 374 valence electrons. The third-order valence-corrected chi connectivity index (χ3v) is 18.8. The van der Waals surface area contributed by atoms with Crippen molar-refractivity contribution < 1.29 is 0 Å². The average Bonchev–Trinajstić information content (AvgIpc) is 4.18. The van der Waals surface area contributed by atoms with Crippen molar-refractivity contribution in [1.29, 1.82) is 0 Å². The molecule has 2 unspecified atom stereocenters. The third-order valence-electron chi connectivity index (χ3n) is 18.8. The number of benzene rings is 11. The average molecular weight is 1010 g/mol. The van der Waals surface area contributed by atoms with Crippen molar-refractivity contribution in [2.75, 3.05) is 4.90 Å². The third kappa shape index (κ3) is 6.11. The zero-order valence-electron chi connectivity index (χ0n) is 44.9. The molecule has 5 aliphatic rings. The summed E-state index contributed by atoms with van der Waals surface area (Å²) in [7, 11) is 0. The molecule has 1 nitrogen and oxygen atoms in total. The maximum Gasteiger partial charge on any atom is 0.0721 e. The summed E-state index contributed by atoms with van der Waals surface area (Å²) >= 11 is 0. The smallest absolute Gasteiger partial charge is 0.0721 e. The fourth-order valence-corrected chi connectivity index (χ4v) is 15.5. The van der Waals surface area contributed by atoms with E-state index in [2.05, 4.69) is 306 Å². The van der Waals surface area contributed by atoms with Crippen molar-refractivity contribution in [3.8, 4) is 55.6 Å². The van der Waals surface area contributed by atoms with Crippen LogP contribution in [0.5, 0.6) is 0 Å². The maximum absolute atomic E-state index is 2.59. The van der Waals surface area contributed by atoms with Crippen LogP contribution < -0.4 is 4.90 Å². The first-order valence-electron chi connectivity index (χ1n) is 28.1. The number of nitrogens with zero attached hydrogens (tertiary/aromatic N) is 1. The van der Waals surface area contributed by atoms with E-state index in [1.807, 2.05) is 0 Å². The van der Waals surface area contributed by atoms with Crippen LogP contribution in [0, 0.1) is 5.41 Å². The highest BCUT2D eigenvalue weighted by atomic mass is 15.1. The molecule has 0 bridgehead atoms. The standard InChI is InChI=1S/C78H57N/c1-75(2)46-45-67-74(75)60-32-16-20-35-63(60)78(67)65-44-40-53(50-23-8-5-9-24-50)47-69(65)77(64-43-39-54(48-70(64)78)51-25-10-6-11-26-51)62-34-19-15-31-59(62)73-66(77)36-22-38-72(73)79(71-37-21-17-29-56(71)52-27-12-7-13-28-52)55-41-42-58-57-30-14-18-33-61(57)76(3,4)68(58)49-55/h5-49H,1-4H3. The number of para-hydroxylation sites is 1. The van der Waals surface area contributed by atoms with Crippen LogP contribution in [0.2, 0.25) is 0 Å². The van der Waals surface area contributed by atoms with E-state index in [4.69, 9.17) is 0 Å². The van der Waals surface area contributed by atoms with Gasteiger partial charge >= 0.3 is 0 Å². The van der Waals surface area contributed by atoms with Gasteiger partial charge in [0, 0.05) is 27.6 Å². The van der Waals surface area contributed by atoms with Crippen LogP contribution in [-0.4, -0.2) is 0 Å². The Morgan fingerprint density at radius 2 is 0.785 bits per heavy atom. The quantitative estimate of drug-likeness (QED) is 0.160. The van der Waals surface area contributed by atoms with Gasteiger partial charge in [-0.15, -0.1) is 0 Å². The summed E-state index contributed by atoms with van der Waals surface area (Å²) in [5.74, 6) is 0. The Morgan fingerprint density at radius 3 is 1.46 bits per heavy atom. The topological polar surface area (TPSA) is 3.24 Å². The molecule has 11 aromatic rings. The molecule has 5 aliphatic carbocycles. The van der Waals surface area contributed by atoms with Gasteiger partial charge in [0.25, 0.3) is 0 Å². The molecule has 16 rings (SSSR count). The molecule has 0 fully saturated rings. The molecule has 0 heterocycles. The molecule has 0 radical (unpaired) electrons. The lowest BCUT2D eigenvalue weighted by Gasteiger charge is -2.49. The van der Waals surface area contributed by atoms with Gasteiger partial charge in [0.15, 0.2) is 0 Å². The molecule has 0 N–H and O–H groups in total. The molecule has 0 aromatic heterocycles. The van der Waals surface area contributed by atoms with Crippen LogP contribution in [0.3, 0.4) is 0 Å². The minimum atomic E-state index is -0.736. The van der Waals surface area contributed by atoms with E-state index in [0.717, 1.165) is 17.1 Å². The first-order valence-corrected chi connectivity index (χ1v) is 28.1. The lowest BCUT2D eigenvalue weighted by molar-refractivity contribution is 0.630. The van der Waals surface area contributed by atoms with Gasteiger partial charge in [0.05, 0.1) is 22.2 Å². The van der Waals surface area contributed by atoms with Gasteiger partial charge < -0.3 is 4.90 Å². The van der Waals surface area contributed by atoms with Crippen LogP contribution in [0.25, 0.3) is 61.2 Å². The first kappa shape index (κ1) is 45.9. The molecule has 0 saturated carbocycles. The largest absolute Gasteiger partial charge is 0.309 e. The van der Waals surface area contributed by atoms with Gasteiger partial charge in [-0.05, 0) is 148 Å². The van der Waals surface area contributed by atoms with Crippen LogP contribution in [-0.2, 0) is 16.2 Å². The number of anilines is 3. The van der Waals surface area contributed by atoms with Crippen molar-refractivity contribution in [2.24, 2.45) is 5.41 Å².